The first-order chi connectivity index (χ1) is 7.09. The van der Waals surface area contributed by atoms with Crippen LogP contribution >= 0.6 is 11.6 Å². The molecule has 15 heavy (non-hydrogen) atoms. The minimum atomic E-state index is -0.373. The van der Waals surface area contributed by atoms with Gasteiger partial charge in [-0.3, -0.25) is 4.90 Å². The third-order valence-corrected chi connectivity index (χ3v) is 3.29. The average Bonchev–Trinajstić information content (AvgIpc) is 2.52. The van der Waals surface area contributed by atoms with Crippen molar-refractivity contribution in [1.82, 2.24) is 4.90 Å². The van der Waals surface area contributed by atoms with Crippen LogP contribution in [-0.4, -0.2) is 24.5 Å². The maximum Gasteiger partial charge on any atom is 0.142 e. The van der Waals surface area contributed by atoms with Gasteiger partial charge < -0.3 is 5.73 Å². The van der Waals surface area contributed by atoms with Crippen LogP contribution < -0.4 is 5.73 Å². The van der Waals surface area contributed by atoms with E-state index < -0.39 is 0 Å². The van der Waals surface area contributed by atoms with Crippen molar-refractivity contribution >= 4 is 11.6 Å². The van der Waals surface area contributed by atoms with Crippen molar-refractivity contribution < 1.29 is 4.39 Å². The number of halogens is 2. The molecule has 1 aromatic carbocycles. The second-order valence-electron chi connectivity index (χ2n) is 4.05. The van der Waals surface area contributed by atoms with Crippen LogP contribution in [0.2, 0.25) is 5.02 Å². The van der Waals surface area contributed by atoms with Crippen molar-refractivity contribution in [3.05, 3.63) is 34.6 Å². The first-order valence-corrected chi connectivity index (χ1v) is 5.38. The van der Waals surface area contributed by atoms with Crippen LogP contribution in [0.5, 0.6) is 0 Å². The molecule has 4 heteroatoms. The molecule has 0 amide bonds. The fourth-order valence-corrected chi connectivity index (χ4v) is 2.29. The van der Waals surface area contributed by atoms with E-state index in [2.05, 4.69) is 4.90 Å². The summed E-state index contributed by atoms with van der Waals surface area (Å²) in [6, 6.07) is 5.10. The molecular weight excluding hydrogens is 215 g/mol. The van der Waals surface area contributed by atoms with Crippen molar-refractivity contribution in [1.29, 1.82) is 0 Å². The maximum absolute atomic E-state index is 13.3. The standard InChI is InChI=1S/C11H14ClFN2/c1-15-5-4-10(14)11(15)7-2-3-8(12)9(13)6-7/h2-3,6,10-11H,4-5,14H2,1H3. The van der Waals surface area contributed by atoms with E-state index in [9.17, 15) is 4.39 Å². The van der Waals surface area contributed by atoms with E-state index in [1.165, 1.54) is 6.07 Å². The van der Waals surface area contributed by atoms with Crippen molar-refractivity contribution in [3.63, 3.8) is 0 Å². The van der Waals surface area contributed by atoms with Crippen LogP contribution in [-0.2, 0) is 0 Å². The van der Waals surface area contributed by atoms with E-state index in [0.717, 1.165) is 18.5 Å². The Morgan fingerprint density at radius 3 is 2.80 bits per heavy atom. The number of likely N-dealkylation sites (N-methyl/N-ethyl adjacent to an activating group) is 1. The third-order valence-electron chi connectivity index (χ3n) is 2.98. The number of rotatable bonds is 1. The Morgan fingerprint density at radius 2 is 2.27 bits per heavy atom. The van der Waals surface area contributed by atoms with E-state index in [1.807, 2.05) is 13.1 Å². The molecular formula is C11H14ClFN2. The lowest BCUT2D eigenvalue weighted by Crippen LogP contribution is -2.29. The molecule has 1 aliphatic heterocycles. The van der Waals surface area contributed by atoms with E-state index in [1.54, 1.807) is 6.07 Å². The molecule has 2 atom stereocenters. The van der Waals surface area contributed by atoms with Gasteiger partial charge in [0.15, 0.2) is 0 Å². The summed E-state index contributed by atoms with van der Waals surface area (Å²) in [7, 11) is 2.00. The van der Waals surface area contributed by atoms with Gasteiger partial charge in [0.05, 0.1) is 5.02 Å². The van der Waals surface area contributed by atoms with Crippen LogP contribution in [0.4, 0.5) is 4.39 Å². The van der Waals surface area contributed by atoms with Gasteiger partial charge in [-0.05, 0) is 31.2 Å². The zero-order valence-electron chi connectivity index (χ0n) is 8.58. The molecule has 2 rings (SSSR count). The molecule has 2 nitrogen and oxygen atoms in total. The minimum Gasteiger partial charge on any atom is -0.326 e. The first kappa shape index (κ1) is 10.9. The van der Waals surface area contributed by atoms with Gasteiger partial charge in [-0.2, -0.15) is 0 Å². The fourth-order valence-electron chi connectivity index (χ4n) is 2.17. The van der Waals surface area contributed by atoms with Gasteiger partial charge in [-0.25, -0.2) is 4.39 Å². The fraction of sp³-hybridized carbons (Fsp3) is 0.455. The minimum absolute atomic E-state index is 0.0792. The van der Waals surface area contributed by atoms with Gasteiger partial charge in [-0.15, -0.1) is 0 Å². The third kappa shape index (κ3) is 2.00. The van der Waals surface area contributed by atoms with Gasteiger partial charge in [0.1, 0.15) is 5.82 Å². The Bertz CT molecular complexity index is 360. The molecule has 82 valence electrons. The number of benzene rings is 1. The van der Waals surface area contributed by atoms with Crippen LogP contribution in [0.15, 0.2) is 18.2 Å². The van der Waals surface area contributed by atoms with Crippen molar-refractivity contribution in [2.45, 2.75) is 18.5 Å². The van der Waals surface area contributed by atoms with Gasteiger partial charge in [0.25, 0.3) is 0 Å². The predicted octanol–water partition coefficient (Wildman–Crippen LogP) is 2.18. The highest BCUT2D eigenvalue weighted by atomic mass is 35.5. The highest BCUT2D eigenvalue weighted by Gasteiger charge is 2.30. The summed E-state index contributed by atoms with van der Waals surface area (Å²) in [4.78, 5) is 2.15. The first-order valence-electron chi connectivity index (χ1n) is 5.00. The highest BCUT2D eigenvalue weighted by molar-refractivity contribution is 6.30. The molecule has 1 aromatic rings. The molecule has 1 heterocycles. The molecule has 2 unspecified atom stereocenters. The second-order valence-corrected chi connectivity index (χ2v) is 4.46. The van der Waals surface area contributed by atoms with Crippen molar-refractivity contribution in [2.24, 2.45) is 5.73 Å². The summed E-state index contributed by atoms with van der Waals surface area (Å²) in [5.41, 5.74) is 6.90. The summed E-state index contributed by atoms with van der Waals surface area (Å²) in [5, 5.41) is 0.160. The van der Waals surface area contributed by atoms with Gasteiger partial charge in [0.2, 0.25) is 0 Å². The summed E-state index contributed by atoms with van der Waals surface area (Å²) in [6.45, 7) is 0.954. The van der Waals surface area contributed by atoms with Crippen LogP contribution in [0.3, 0.4) is 0 Å². The molecule has 0 spiro atoms. The average molecular weight is 229 g/mol. The van der Waals surface area contributed by atoms with Crippen LogP contribution in [0, 0.1) is 5.82 Å². The molecule has 1 fully saturated rings. The van der Waals surface area contributed by atoms with Crippen LogP contribution in [0.25, 0.3) is 0 Å². The van der Waals surface area contributed by atoms with Crippen LogP contribution in [0.1, 0.15) is 18.0 Å². The lowest BCUT2D eigenvalue weighted by Gasteiger charge is -2.23. The Kier molecular flexibility index (Phi) is 2.96. The number of likely N-dealkylation sites (tertiary alicyclic amines) is 1. The molecule has 2 N–H and O–H groups in total. The number of hydrogen-bond donors (Lipinski definition) is 1. The quantitative estimate of drug-likeness (QED) is 0.799. The van der Waals surface area contributed by atoms with Crippen molar-refractivity contribution in [2.75, 3.05) is 13.6 Å². The SMILES string of the molecule is CN1CCC(N)C1c1ccc(Cl)c(F)c1. The molecule has 0 aromatic heterocycles. The summed E-state index contributed by atoms with van der Waals surface area (Å²) >= 11 is 5.64. The number of nitrogens with zero attached hydrogens (tertiary/aromatic N) is 1. The zero-order chi connectivity index (χ0) is 11.0. The maximum atomic E-state index is 13.3. The molecule has 0 radical (unpaired) electrons. The number of hydrogen-bond acceptors (Lipinski definition) is 2. The predicted molar refractivity (Wildman–Crippen MR) is 59.4 cm³/mol. The van der Waals surface area contributed by atoms with Crippen molar-refractivity contribution in [3.8, 4) is 0 Å². The largest absolute Gasteiger partial charge is 0.326 e. The van der Waals surface area contributed by atoms with Gasteiger partial charge in [0, 0.05) is 18.6 Å². The molecule has 1 saturated heterocycles. The molecule has 0 saturated carbocycles. The normalized spacial score (nSPS) is 27.2. The Labute approximate surface area is 93.8 Å². The van der Waals surface area contributed by atoms with E-state index in [4.69, 9.17) is 17.3 Å². The Morgan fingerprint density at radius 1 is 1.53 bits per heavy atom. The molecule has 1 aliphatic rings. The summed E-state index contributed by atoms with van der Waals surface area (Å²) < 4.78 is 13.3. The summed E-state index contributed by atoms with van der Waals surface area (Å²) in [6.07, 6.45) is 0.950. The Balaban J connectivity index is 2.32. The van der Waals surface area contributed by atoms with E-state index >= 15 is 0 Å². The smallest absolute Gasteiger partial charge is 0.142 e. The summed E-state index contributed by atoms with van der Waals surface area (Å²) in [5.74, 6) is -0.373. The molecule has 0 bridgehead atoms. The van der Waals surface area contributed by atoms with Gasteiger partial charge in [-0.1, -0.05) is 17.7 Å². The Hall–Kier alpha value is -0.640. The second kappa shape index (κ2) is 4.08. The monoisotopic (exact) mass is 228 g/mol. The van der Waals surface area contributed by atoms with E-state index in [0.29, 0.717) is 0 Å². The number of nitrogens with two attached hydrogens (primary N) is 1. The molecule has 0 aliphatic carbocycles. The van der Waals surface area contributed by atoms with Gasteiger partial charge >= 0.3 is 0 Å². The highest BCUT2D eigenvalue weighted by Crippen LogP contribution is 2.31. The topological polar surface area (TPSA) is 29.3 Å². The lowest BCUT2D eigenvalue weighted by atomic mass is 10.0. The van der Waals surface area contributed by atoms with E-state index in [-0.39, 0.29) is 22.9 Å². The zero-order valence-corrected chi connectivity index (χ0v) is 9.34. The lowest BCUT2D eigenvalue weighted by molar-refractivity contribution is 0.303.